The minimum Gasteiger partial charge on any atom is -0.382 e. The van der Waals surface area contributed by atoms with Crippen LogP contribution in [0.2, 0.25) is 0 Å². The second-order valence-corrected chi connectivity index (χ2v) is 6.90. The molecular formula is C16H13BrIN3. The number of nitrogens with two attached hydrogens (primary N) is 1. The van der Waals surface area contributed by atoms with Gasteiger partial charge in [0.05, 0.1) is 11.3 Å². The lowest BCUT2D eigenvalue weighted by Crippen LogP contribution is -1.91. The van der Waals surface area contributed by atoms with E-state index in [0.717, 1.165) is 30.4 Å². The minimum absolute atomic E-state index is 0.519. The summed E-state index contributed by atoms with van der Waals surface area (Å²) in [4.78, 5) is 0. The number of hydrogen-bond donors (Lipinski definition) is 2. The molecule has 0 amide bonds. The van der Waals surface area contributed by atoms with Crippen molar-refractivity contribution < 1.29 is 0 Å². The van der Waals surface area contributed by atoms with Crippen LogP contribution in [0.15, 0.2) is 46.9 Å². The van der Waals surface area contributed by atoms with Gasteiger partial charge in [-0.3, -0.25) is 5.10 Å². The first-order chi connectivity index (χ1) is 10.1. The van der Waals surface area contributed by atoms with Crippen molar-refractivity contribution in [2.45, 2.75) is 6.92 Å². The van der Waals surface area contributed by atoms with E-state index in [-0.39, 0.29) is 0 Å². The number of hydrogen-bond acceptors (Lipinski definition) is 2. The van der Waals surface area contributed by atoms with Crippen LogP contribution in [0, 0.1) is 10.5 Å². The highest BCUT2D eigenvalue weighted by Crippen LogP contribution is 2.39. The molecule has 0 fully saturated rings. The highest BCUT2D eigenvalue weighted by molar-refractivity contribution is 14.1. The molecule has 0 aliphatic heterocycles. The van der Waals surface area contributed by atoms with Crippen LogP contribution < -0.4 is 5.73 Å². The molecule has 3 N–H and O–H groups in total. The van der Waals surface area contributed by atoms with Crippen LogP contribution in [0.4, 0.5) is 5.82 Å². The molecule has 3 rings (SSSR count). The smallest absolute Gasteiger partial charge is 0.153 e. The van der Waals surface area contributed by atoms with Crippen LogP contribution in [-0.4, -0.2) is 10.2 Å². The third-order valence-corrected chi connectivity index (χ3v) is 4.77. The van der Waals surface area contributed by atoms with Crippen LogP contribution in [-0.2, 0) is 0 Å². The Bertz CT molecular complexity index is 811. The van der Waals surface area contributed by atoms with Crippen molar-refractivity contribution in [1.29, 1.82) is 0 Å². The lowest BCUT2D eigenvalue weighted by atomic mass is 9.97. The van der Waals surface area contributed by atoms with Crippen molar-refractivity contribution in [3.8, 4) is 22.4 Å². The molecule has 2 aromatic carbocycles. The molecule has 0 atom stereocenters. The van der Waals surface area contributed by atoms with Crippen LogP contribution in [0.1, 0.15) is 5.56 Å². The van der Waals surface area contributed by atoms with Gasteiger partial charge >= 0.3 is 0 Å². The zero-order valence-electron chi connectivity index (χ0n) is 11.3. The number of H-pyrrole nitrogens is 1. The summed E-state index contributed by atoms with van der Waals surface area (Å²) in [5, 5.41) is 7.29. The second-order valence-electron chi connectivity index (χ2n) is 4.80. The Labute approximate surface area is 145 Å². The van der Waals surface area contributed by atoms with E-state index in [9.17, 15) is 0 Å². The molecule has 0 aliphatic rings. The number of benzene rings is 2. The topological polar surface area (TPSA) is 54.7 Å². The summed E-state index contributed by atoms with van der Waals surface area (Å²) in [7, 11) is 0. The number of aryl methyl sites for hydroxylation is 1. The molecule has 0 radical (unpaired) electrons. The first kappa shape index (κ1) is 14.6. The molecule has 106 valence electrons. The average Bonchev–Trinajstić information content (AvgIpc) is 2.84. The summed E-state index contributed by atoms with van der Waals surface area (Å²) in [6, 6.07) is 14.4. The highest BCUT2D eigenvalue weighted by atomic mass is 127. The zero-order chi connectivity index (χ0) is 15.0. The van der Waals surface area contributed by atoms with E-state index < -0.39 is 0 Å². The monoisotopic (exact) mass is 453 g/mol. The Morgan fingerprint density at radius 2 is 1.90 bits per heavy atom. The molecule has 0 aliphatic carbocycles. The Balaban J connectivity index is 2.27. The largest absolute Gasteiger partial charge is 0.382 e. The van der Waals surface area contributed by atoms with Crippen LogP contribution in [0.25, 0.3) is 22.4 Å². The van der Waals surface area contributed by atoms with Gasteiger partial charge in [0.25, 0.3) is 0 Å². The summed E-state index contributed by atoms with van der Waals surface area (Å²) in [5.41, 5.74) is 11.3. The molecule has 0 bridgehead atoms. The maximum absolute atomic E-state index is 6.11. The normalized spacial score (nSPS) is 10.8. The summed E-state index contributed by atoms with van der Waals surface area (Å²) >= 11 is 5.91. The van der Waals surface area contributed by atoms with E-state index in [1.54, 1.807) is 0 Å². The number of aromatic amines is 1. The number of halogens is 2. The standard InChI is InChI=1S/C16H13BrIN3/c1-9-4-2-3-5-11(9)14-15(20-21-16(14)19)12-8-10(18)6-7-13(12)17/h2-8H,1H3,(H3,19,20,21). The van der Waals surface area contributed by atoms with Crippen molar-refractivity contribution in [3.63, 3.8) is 0 Å². The van der Waals surface area contributed by atoms with Crippen LogP contribution in [0.5, 0.6) is 0 Å². The van der Waals surface area contributed by atoms with Gasteiger partial charge in [-0.1, -0.05) is 40.2 Å². The molecule has 5 heteroatoms. The van der Waals surface area contributed by atoms with Crippen LogP contribution >= 0.6 is 38.5 Å². The lowest BCUT2D eigenvalue weighted by molar-refractivity contribution is 1.10. The Kier molecular flexibility index (Phi) is 4.03. The molecule has 0 saturated carbocycles. The Morgan fingerprint density at radius 3 is 2.67 bits per heavy atom. The Hall–Kier alpha value is -1.34. The summed E-state index contributed by atoms with van der Waals surface area (Å²) in [5.74, 6) is 0.519. The quantitative estimate of drug-likeness (QED) is 0.536. The fourth-order valence-electron chi connectivity index (χ4n) is 2.37. The van der Waals surface area contributed by atoms with Crippen LogP contribution in [0.3, 0.4) is 0 Å². The van der Waals surface area contributed by atoms with Crippen molar-refractivity contribution >= 4 is 44.3 Å². The van der Waals surface area contributed by atoms with Gasteiger partial charge in [0, 0.05) is 13.6 Å². The Morgan fingerprint density at radius 1 is 1.14 bits per heavy atom. The minimum atomic E-state index is 0.519. The maximum atomic E-state index is 6.11. The van der Waals surface area contributed by atoms with E-state index in [1.165, 1.54) is 5.56 Å². The summed E-state index contributed by atoms with van der Waals surface area (Å²) in [6.45, 7) is 2.08. The fourth-order valence-corrected chi connectivity index (χ4v) is 3.30. The lowest BCUT2D eigenvalue weighted by Gasteiger charge is -2.09. The molecule has 1 heterocycles. The van der Waals surface area contributed by atoms with E-state index in [0.29, 0.717) is 5.82 Å². The van der Waals surface area contributed by atoms with Crippen molar-refractivity contribution in [2.24, 2.45) is 0 Å². The number of anilines is 1. The van der Waals surface area contributed by atoms with Gasteiger partial charge in [0.1, 0.15) is 0 Å². The number of nitrogens with one attached hydrogen (secondary N) is 1. The number of nitrogen functional groups attached to an aromatic ring is 1. The molecule has 21 heavy (non-hydrogen) atoms. The van der Waals surface area contributed by atoms with Crippen molar-refractivity contribution in [1.82, 2.24) is 10.2 Å². The van der Waals surface area contributed by atoms with E-state index in [4.69, 9.17) is 5.73 Å². The number of nitrogens with zero attached hydrogens (tertiary/aromatic N) is 1. The first-order valence-corrected chi connectivity index (χ1v) is 8.30. The molecule has 1 aromatic heterocycles. The highest BCUT2D eigenvalue weighted by Gasteiger charge is 2.18. The molecular weight excluding hydrogens is 441 g/mol. The molecule has 0 spiro atoms. The summed E-state index contributed by atoms with van der Waals surface area (Å²) < 4.78 is 2.18. The zero-order valence-corrected chi connectivity index (χ0v) is 15.1. The third kappa shape index (κ3) is 2.72. The predicted molar refractivity (Wildman–Crippen MR) is 99.0 cm³/mol. The molecule has 0 unspecified atom stereocenters. The van der Waals surface area contributed by atoms with Gasteiger partial charge in [-0.15, -0.1) is 0 Å². The number of rotatable bonds is 2. The summed E-state index contributed by atoms with van der Waals surface area (Å²) in [6.07, 6.45) is 0. The van der Waals surface area contributed by atoms with E-state index >= 15 is 0 Å². The van der Waals surface area contributed by atoms with Gasteiger partial charge in [-0.2, -0.15) is 5.10 Å². The van der Waals surface area contributed by atoms with Gasteiger partial charge in [-0.05, 0) is 58.8 Å². The van der Waals surface area contributed by atoms with Gasteiger partial charge < -0.3 is 5.73 Å². The predicted octanol–water partition coefficient (Wildman–Crippen LogP) is 5.00. The molecule has 3 nitrogen and oxygen atoms in total. The SMILES string of the molecule is Cc1ccccc1-c1c(N)n[nH]c1-c1cc(I)ccc1Br. The third-order valence-electron chi connectivity index (χ3n) is 3.41. The van der Waals surface area contributed by atoms with Gasteiger partial charge in [0.2, 0.25) is 0 Å². The maximum Gasteiger partial charge on any atom is 0.153 e. The number of aromatic nitrogens is 2. The van der Waals surface area contributed by atoms with E-state index in [2.05, 4.69) is 79.9 Å². The van der Waals surface area contributed by atoms with Gasteiger partial charge in [-0.25, -0.2) is 0 Å². The second kappa shape index (κ2) is 5.81. The molecule has 0 saturated heterocycles. The van der Waals surface area contributed by atoms with E-state index in [1.807, 2.05) is 18.2 Å². The first-order valence-electron chi connectivity index (χ1n) is 6.43. The average molecular weight is 454 g/mol. The molecule has 3 aromatic rings. The van der Waals surface area contributed by atoms with Crippen molar-refractivity contribution in [3.05, 3.63) is 56.1 Å². The van der Waals surface area contributed by atoms with Crippen molar-refractivity contribution in [2.75, 3.05) is 5.73 Å². The van der Waals surface area contributed by atoms with Gasteiger partial charge in [0.15, 0.2) is 5.82 Å². The fraction of sp³-hybridized carbons (Fsp3) is 0.0625.